The number of rotatable bonds is 7. The molecule has 4 nitrogen and oxygen atoms in total. The van der Waals surface area contributed by atoms with Crippen molar-refractivity contribution < 1.29 is 27.5 Å². The maximum absolute atomic E-state index is 13.1. The Bertz CT molecular complexity index is 1290. The van der Waals surface area contributed by atoms with E-state index in [1.807, 2.05) is 13.8 Å². The molecule has 8 heteroatoms. The highest BCUT2D eigenvalue weighted by molar-refractivity contribution is 7.20. The minimum atomic E-state index is -4.42. The Hall–Kier alpha value is -3.23. The van der Waals surface area contributed by atoms with Crippen molar-refractivity contribution in [2.24, 2.45) is 5.73 Å². The van der Waals surface area contributed by atoms with Crippen LogP contribution in [0.2, 0.25) is 0 Å². The zero-order valence-electron chi connectivity index (χ0n) is 18.9. The number of hydrogen-bond donors (Lipinski definition) is 1. The van der Waals surface area contributed by atoms with Crippen LogP contribution in [0.15, 0.2) is 48.6 Å². The molecule has 0 aliphatic carbocycles. The number of halogens is 3. The van der Waals surface area contributed by atoms with Crippen LogP contribution in [0.3, 0.4) is 0 Å². The summed E-state index contributed by atoms with van der Waals surface area (Å²) in [5, 5.41) is 0.757. The summed E-state index contributed by atoms with van der Waals surface area (Å²) < 4.78 is 44.5. The summed E-state index contributed by atoms with van der Waals surface area (Å²) in [6, 6.07) is 8.72. The minimum Gasteiger partial charge on any atom is -0.466 e. The van der Waals surface area contributed by atoms with Gasteiger partial charge in [-0.3, -0.25) is 4.79 Å². The molecular weight excluding hydrogens is 463 g/mol. The number of nitrogens with two attached hydrogens (primary N) is 1. The van der Waals surface area contributed by atoms with Gasteiger partial charge in [0.1, 0.15) is 0 Å². The molecule has 0 saturated carbocycles. The number of ether oxygens (including phenoxy) is 1. The highest BCUT2D eigenvalue weighted by atomic mass is 32.1. The predicted molar refractivity (Wildman–Crippen MR) is 130 cm³/mol. The van der Waals surface area contributed by atoms with Gasteiger partial charge in [-0.2, -0.15) is 13.2 Å². The number of benzene rings is 2. The normalized spacial score (nSPS) is 12.4. The summed E-state index contributed by atoms with van der Waals surface area (Å²) in [7, 11) is 1.28. The van der Waals surface area contributed by atoms with E-state index in [2.05, 4.69) is 4.74 Å². The summed E-state index contributed by atoms with van der Waals surface area (Å²) in [6.07, 6.45) is 1.50. The number of thiophene rings is 1. The van der Waals surface area contributed by atoms with Gasteiger partial charge in [0, 0.05) is 27.8 Å². The molecule has 2 aromatic carbocycles. The van der Waals surface area contributed by atoms with E-state index in [-0.39, 0.29) is 18.2 Å². The molecule has 0 aliphatic rings. The number of carbonyl (C=O) groups excluding carboxylic acids is 2. The lowest BCUT2D eigenvalue weighted by atomic mass is 9.97. The number of ketones is 1. The number of hydrogen-bond acceptors (Lipinski definition) is 5. The third-order valence-corrected chi connectivity index (χ3v) is 6.43. The van der Waals surface area contributed by atoms with Gasteiger partial charge < -0.3 is 10.5 Å². The van der Waals surface area contributed by atoms with Gasteiger partial charge in [0.25, 0.3) is 0 Å². The second-order valence-electron chi connectivity index (χ2n) is 7.92. The van der Waals surface area contributed by atoms with Crippen molar-refractivity contribution in [3.05, 3.63) is 81.2 Å². The molecule has 0 aliphatic heterocycles. The monoisotopic (exact) mass is 487 g/mol. The first-order chi connectivity index (χ1) is 16.0. The summed E-state index contributed by atoms with van der Waals surface area (Å²) in [5.74, 6) is -0.705. The first-order valence-corrected chi connectivity index (χ1v) is 11.3. The fourth-order valence-corrected chi connectivity index (χ4v) is 4.91. The van der Waals surface area contributed by atoms with Crippen molar-refractivity contribution in [1.82, 2.24) is 0 Å². The van der Waals surface area contributed by atoms with Crippen molar-refractivity contribution in [3.63, 3.8) is 0 Å². The molecule has 0 amide bonds. The fourth-order valence-electron chi connectivity index (χ4n) is 3.60. The van der Waals surface area contributed by atoms with E-state index in [0.717, 1.165) is 28.0 Å². The number of alkyl halides is 3. The van der Waals surface area contributed by atoms with Crippen LogP contribution in [0.25, 0.3) is 22.2 Å². The molecule has 0 atom stereocenters. The quantitative estimate of drug-likeness (QED) is 0.232. The summed E-state index contributed by atoms with van der Waals surface area (Å²) >= 11 is 1.23. The average molecular weight is 488 g/mol. The second-order valence-corrected chi connectivity index (χ2v) is 9.00. The standard InChI is InChI=1S/C26H24F3NO3S/c1-15(2)25-20-8-7-19(26(27,28)29)13-23(20)34-22(25)10-9-21(31)17-5-4-16(18(12-17)14-30)6-11-24(32)33-3/h4-13,15H,14,30H2,1-3H3. The number of carbonyl (C=O) groups is 2. The van der Waals surface area contributed by atoms with Crippen LogP contribution in [-0.4, -0.2) is 18.9 Å². The molecule has 0 bridgehead atoms. The van der Waals surface area contributed by atoms with Crippen LogP contribution in [0, 0.1) is 0 Å². The molecule has 2 N–H and O–H groups in total. The van der Waals surface area contributed by atoms with Crippen molar-refractivity contribution >= 4 is 45.3 Å². The highest BCUT2D eigenvalue weighted by Crippen LogP contribution is 2.40. The van der Waals surface area contributed by atoms with E-state index < -0.39 is 17.7 Å². The Morgan fingerprint density at radius 1 is 1.09 bits per heavy atom. The zero-order chi connectivity index (χ0) is 25.0. The first-order valence-electron chi connectivity index (χ1n) is 10.5. The van der Waals surface area contributed by atoms with E-state index in [0.29, 0.717) is 21.4 Å². The molecule has 1 aromatic heterocycles. The van der Waals surface area contributed by atoms with Gasteiger partial charge in [0.15, 0.2) is 5.78 Å². The molecule has 0 spiro atoms. The Morgan fingerprint density at radius 3 is 2.44 bits per heavy atom. The van der Waals surface area contributed by atoms with Gasteiger partial charge in [-0.1, -0.05) is 32.0 Å². The van der Waals surface area contributed by atoms with E-state index in [1.54, 1.807) is 30.4 Å². The van der Waals surface area contributed by atoms with Gasteiger partial charge in [-0.25, -0.2) is 4.79 Å². The van der Waals surface area contributed by atoms with Gasteiger partial charge in [0.2, 0.25) is 0 Å². The fraction of sp³-hybridized carbons (Fsp3) is 0.231. The highest BCUT2D eigenvalue weighted by Gasteiger charge is 2.31. The van der Waals surface area contributed by atoms with Crippen LogP contribution in [0.1, 0.15) is 57.3 Å². The zero-order valence-corrected chi connectivity index (χ0v) is 19.7. The van der Waals surface area contributed by atoms with Gasteiger partial charge >= 0.3 is 12.1 Å². The van der Waals surface area contributed by atoms with Gasteiger partial charge in [-0.05, 0) is 64.4 Å². The number of fused-ring (bicyclic) bond motifs is 1. The lowest BCUT2D eigenvalue weighted by Crippen LogP contribution is -2.03. The molecule has 0 unspecified atom stereocenters. The van der Waals surface area contributed by atoms with Gasteiger partial charge in [0.05, 0.1) is 12.7 Å². The second kappa shape index (κ2) is 10.4. The molecule has 1 heterocycles. The van der Waals surface area contributed by atoms with E-state index in [4.69, 9.17) is 5.73 Å². The number of esters is 1. The average Bonchev–Trinajstić information content (AvgIpc) is 3.18. The lowest BCUT2D eigenvalue weighted by Gasteiger charge is -2.08. The molecule has 3 rings (SSSR count). The summed E-state index contributed by atoms with van der Waals surface area (Å²) in [5.41, 5.74) is 7.81. The van der Waals surface area contributed by atoms with Crippen LogP contribution >= 0.6 is 11.3 Å². The van der Waals surface area contributed by atoms with E-state index in [9.17, 15) is 22.8 Å². The third kappa shape index (κ3) is 5.63. The van der Waals surface area contributed by atoms with Crippen LogP contribution in [-0.2, 0) is 22.3 Å². The minimum absolute atomic E-state index is 0.0602. The van der Waals surface area contributed by atoms with Crippen LogP contribution in [0.4, 0.5) is 13.2 Å². The predicted octanol–water partition coefficient (Wildman–Crippen LogP) is 6.58. The van der Waals surface area contributed by atoms with E-state index >= 15 is 0 Å². The Kier molecular flexibility index (Phi) is 7.74. The molecule has 3 aromatic rings. The molecule has 34 heavy (non-hydrogen) atoms. The van der Waals surface area contributed by atoms with Gasteiger partial charge in [-0.15, -0.1) is 11.3 Å². The van der Waals surface area contributed by atoms with Crippen LogP contribution < -0.4 is 5.73 Å². The third-order valence-electron chi connectivity index (χ3n) is 5.30. The molecule has 178 valence electrons. The SMILES string of the molecule is COC(=O)C=Cc1ccc(C(=O)C=Cc2sc3cc(C(F)(F)F)ccc3c2C(C)C)cc1CN. The molecular formula is C26H24F3NO3S. The smallest absolute Gasteiger partial charge is 0.416 e. The number of allylic oxidation sites excluding steroid dienone is 1. The maximum Gasteiger partial charge on any atom is 0.416 e. The Balaban J connectivity index is 1.93. The summed E-state index contributed by atoms with van der Waals surface area (Å²) in [6.45, 7) is 4.10. The lowest BCUT2D eigenvalue weighted by molar-refractivity contribution is -0.137. The summed E-state index contributed by atoms with van der Waals surface area (Å²) in [4.78, 5) is 24.9. The maximum atomic E-state index is 13.1. The van der Waals surface area contributed by atoms with Crippen LogP contribution in [0.5, 0.6) is 0 Å². The first kappa shape index (κ1) is 25.4. The number of methoxy groups -OCH3 is 1. The molecule has 0 saturated heterocycles. The van der Waals surface area contributed by atoms with Crippen molar-refractivity contribution in [3.8, 4) is 0 Å². The van der Waals surface area contributed by atoms with Crippen molar-refractivity contribution in [2.45, 2.75) is 32.5 Å². The Labute approximate surface area is 199 Å². The Morgan fingerprint density at radius 2 is 1.82 bits per heavy atom. The molecule has 0 fully saturated rings. The van der Waals surface area contributed by atoms with Crippen molar-refractivity contribution in [1.29, 1.82) is 0 Å². The topological polar surface area (TPSA) is 69.4 Å². The van der Waals surface area contributed by atoms with E-state index in [1.165, 1.54) is 36.7 Å². The molecule has 0 radical (unpaired) electrons. The van der Waals surface area contributed by atoms with Crippen molar-refractivity contribution in [2.75, 3.05) is 7.11 Å². The largest absolute Gasteiger partial charge is 0.466 e.